The van der Waals surface area contributed by atoms with Gasteiger partial charge in [-0.3, -0.25) is 19.2 Å². The highest BCUT2D eigenvalue weighted by Gasteiger charge is 2.29. The summed E-state index contributed by atoms with van der Waals surface area (Å²) in [5.74, 6) is -4.20. The van der Waals surface area contributed by atoms with Crippen LogP contribution in [0.3, 0.4) is 0 Å². The van der Waals surface area contributed by atoms with Crippen LogP contribution in [0.15, 0.2) is 0 Å². The number of amides is 3. The van der Waals surface area contributed by atoms with Crippen LogP contribution in [0.5, 0.6) is 0 Å². The van der Waals surface area contributed by atoms with Gasteiger partial charge in [-0.25, -0.2) is 4.79 Å². The average molecular weight is 485 g/mol. The van der Waals surface area contributed by atoms with Crippen LogP contribution in [0.1, 0.15) is 19.3 Å². The molecule has 7 N–H and O–H groups in total. The molecular weight excluding hydrogens is 456 g/mol. The lowest BCUT2D eigenvalue weighted by Gasteiger charge is -2.24. The maximum Gasteiger partial charge on any atom is 0.326 e. The molecule has 14 heteroatoms. The molecule has 0 heterocycles. The molecule has 0 radical (unpaired) electrons. The Hall–Kier alpha value is -1.64. The summed E-state index contributed by atoms with van der Waals surface area (Å²) >= 11 is 9.40. The Labute approximate surface area is 189 Å². The highest BCUT2D eigenvalue weighted by molar-refractivity contribution is 7.98. The zero-order valence-corrected chi connectivity index (χ0v) is 19.0. The van der Waals surface area contributed by atoms with Crippen molar-refractivity contribution in [3.05, 3.63) is 0 Å². The van der Waals surface area contributed by atoms with Crippen LogP contribution in [0.2, 0.25) is 0 Å². The van der Waals surface area contributed by atoms with Crippen LogP contribution < -0.4 is 21.7 Å². The number of thioether (sulfide) groups is 1. The molecule has 0 aliphatic heterocycles. The lowest BCUT2D eigenvalue weighted by Crippen LogP contribution is -2.58. The largest absolute Gasteiger partial charge is 0.481 e. The van der Waals surface area contributed by atoms with Crippen LogP contribution in [0.4, 0.5) is 0 Å². The second kappa shape index (κ2) is 15.2. The van der Waals surface area contributed by atoms with E-state index in [1.54, 1.807) is 0 Å². The number of rotatable bonds is 15. The van der Waals surface area contributed by atoms with Crippen LogP contribution in [0, 0.1) is 0 Å². The van der Waals surface area contributed by atoms with Gasteiger partial charge < -0.3 is 31.9 Å². The number of carboxylic acids is 2. The molecule has 0 aromatic carbocycles. The van der Waals surface area contributed by atoms with Gasteiger partial charge in [0.05, 0.1) is 6.04 Å². The molecule has 0 aromatic heterocycles. The minimum absolute atomic E-state index is 0.0806. The van der Waals surface area contributed by atoms with E-state index in [1.165, 1.54) is 11.8 Å². The van der Waals surface area contributed by atoms with E-state index >= 15 is 0 Å². The molecule has 4 atom stereocenters. The lowest BCUT2D eigenvalue weighted by atomic mass is 10.1. The van der Waals surface area contributed by atoms with Gasteiger partial charge in [-0.1, -0.05) is 0 Å². The highest BCUT2D eigenvalue weighted by atomic mass is 32.2. The normalized spacial score (nSPS) is 14.7. The van der Waals surface area contributed by atoms with Crippen molar-refractivity contribution >= 4 is 66.7 Å². The van der Waals surface area contributed by atoms with Crippen molar-refractivity contribution < 1.29 is 34.2 Å². The van der Waals surface area contributed by atoms with E-state index < -0.39 is 60.2 Å². The molecule has 0 rings (SSSR count). The molecule has 0 aliphatic rings. The molecule has 30 heavy (non-hydrogen) atoms. The zero-order chi connectivity index (χ0) is 23.3. The fourth-order valence-corrected chi connectivity index (χ4v) is 3.02. The second-order valence-electron chi connectivity index (χ2n) is 6.21. The van der Waals surface area contributed by atoms with Gasteiger partial charge in [0.2, 0.25) is 17.7 Å². The summed E-state index contributed by atoms with van der Waals surface area (Å²) in [4.78, 5) is 58.9. The topological polar surface area (TPSA) is 188 Å². The van der Waals surface area contributed by atoms with Gasteiger partial charge in [0.25, 0.3) is 0 Å². The summed E-state index contributed by atoms with van der Waals surface area (Å²) < 4.78 is 0. The van der Waals surface area contributed by atoms with E-state index in [-0.39, 0.29) is 24.3 Å². The molecule has 0 spiro atoms. The van der Waals surface area contributed by atoms with E-state index in [0.717, 1.165) is 0 Å². The van der Waals surface area contributed by atoms with Crippen LogP contribution in [-0.2, 0) is 24.0 Å². The van der Waals surface area contributed by atoms with Crippen molar-refractivity contribution in [2.24, 2.45) is 5.73 Å². The summed E-state index contributed by atoms with van der Waals surface area (Å²) in [6, 6.07) is -4.51. The monoisotopic (exact) mass is 484 g/mol. The number of aliphatic carboxylic acids is 2. The second-order valence-corrected chi connectivity index (χ2v) is 7.92. The smallest absolute Gasteiger partial charge is 0.326 e. The highest BCUT2D eigenvalue weighted by Crippen LogP contribution is 2.04. The Morgan fingerprint density at radius 3 is 1.87 bits per heavy atom. The zero-order valence-electron chi connectivity index (χ0n) is 16.4. The molecule has 0 saturated heterocycles. The third-order valence-corrected chi connectivity index (χ3v) is 5.26. The molecule has 0 saturated carbocycles. The fraction of sp³-hybridized carbons (Fsp3) is 0.688. The van der Waals surface area contributed by atoms with E-state index in [4.69, 9.17) is 15.9 Å². The first-order valence-electron chi connectivity index (χ1n) is 8.89. The van der Waals surface area contributed by atoms with Crippen molar-refractivity contribution in [2.75, 3.05) is 23.5 Å². The van der Waals surface area contributed by atoms with Gasteiger partial charge in [0.1, 0.15) is 18.1 Å². The van der Waals surface area contributed by atoms with Crippen molar-refractivity contribution in [3.8, 4) is 0 Å². The van der Waals surface area contributed by atoms with Gasteiger partial charge in [0, 0.05) is 17.9 Å². The quantitative estimate of drug-likeness (QED) is 0.126. The molecule has 3 amide bonds. The van der Waals surface area contributed by atoms with Crippen molar-refractivity contribution in [2.45, 2.75) is 43.4 Å². The molecular formula is C16H28N4O7S3. The minimum Gasteiger partial charge on any atom is -0.481 e. The Kier molecular flexibility index (Phi) is 14.4. The number of thiol groups is 2. The Morgan fingerprint density at radius 2 is 1.40 bits per heavy atom. The lowest BCUT2D eigenvalue weighted by molar-refractivity contribution is -0.143. The number of hydrogen-bond acceptors (Lipinski definition) is 9. The van der Waals surface area contributed by atoms with Crippen molar-refractivity contribution in [3.63, 3.8) is 0 Å². The van der Waals surface area contributed by atoms with Gasteiger partial charge in [0.15, 0.2) is 0 Å². The predicted octanol–water partition coefficient (Wildman–Crippen LogP) is -1.67. The summed E-state index contributed by atoms with van der Waals surface area (Å²) in [6.07, 6.45) is 1.32. The van der Waals surface area contributed by atoms with Crippen LogP contribution in [0.25, 0.3) is 0 Å². The number of carboxylic acid groups (broad SMARTS) is 2. The minimum atomic E-state index is -1.44. The van der Waals surface area contributed by atoms with E-state index in [0.29, 0.717) is 5.75 Å². The number of hydrogen-bond donors (Lipinski definition) is 8. The molecule has 0 aromatic rings. The molecule has 0 fully saturated rings. The number of carbonyl (C=O) groups is 5. The summed E-state index contributed by atoms with van der Waals surface area (Å²) in [6.45, 7) is 0. The fourth-order valence-electron chi connectivity index (χ4n) is 2.13. The number of carbonyl (C=O) groups excluding carboxylic acids is 3. The molecule has 4 unspecified atom stereocenters. The standard InChI is InChI=1S/C16H28N4O7S3/c1-30-5-4-9(18-13(23)8(17)6-28)14(24)20-11(7-29)15(25)19-10(16(26)27)2-3-12(21)22/h8-11,28-29H,2-7,17H2,1H3,(H,18,23)(H,19,25)(H,20,24)(H,21,22)(H,26,27). The van der Waals surface area contributed by atoms with Gasteiger partial charge >= 0.3 is 11.9 Å². The van der Waals surface area contributed by atoms with Crippen molar-refractivity contribution in [1.29, 1.82) is 0 Å². The Balaban J connectivity index is 5.13. The third kappa shape index (κ3) is 10.9. The predicted molar refractivity (Wildman–Crippen MR) is 119 cm³/mol. The summed E-state index contributed by atoms with van der Waals surface area (Å²) in [5.41, 5.74) is 5.60. The molecule has 172 valence electrons. The Morgan fingerprint density at radius 1 is 0.867 bits per heavy atom. The van der Waals surface area contributed by atoms with Crippen LogP contribution >= 0.6 is 37.0 Å². The maximum atomic E-state index is 12.6. The van der Waals surface area contributed by atoms with Gasteiger partial charge in [-0.15, -0.1) is 0 Å². The van der Waals surface area contributed by atoms with E-state index in [1.807, 2.05) is 6.26 Å². The third-order valence-electron chi connectivity index (χ3n) is 3.85. The van der Waals surface area contributed by atoms with E-state index in [9.17, 15) is 24.0 Å². The first-order chi connectivity index (χ1) is 14.1. The van der Waals surface area contributed by atoms with Crippen LogP contribution in [-0.4, -0.2) is 87.6 Å². The summed E-state index contributed by atoms with van der Waals surface area (Å²) in [7, 11) is 0. The molecule has 0 bridgehead atoms. The molecule has 11 nitrogen and oxygen atoms in total. The number of nitrogens with two attached hydrogens (primary N) is 1. The summed E-state index contributed by atoms with van der Waals surface area (Å²) in [5, 5.41) is 25.0. The average Bonchev–Trinajstić information content (AvgIpc) is 2.70. The van der Waals surface area contributed by atoms with E-state index in [2.05, 4.69) is 41.2 Å². The molecule has 0 aliphatic carbocycles. The SMILES string of the molecule is CSCCC(NC(=O)C(N)CS)C(=O)NC(CS)C(=O)NC(CCC(=O)O)C(=O)O. The van der Waals surface area contributed by atoms with Gasteiger partial charge in [-0.05, 0) is 24.9 Å². The number of nitrogens with one attached hydrogen (secondary N) is 3. The van der Waals surface area contributed by atoms with Gasteiger partial charge in [-0.2, -0.15) is 37.0 Å². The first-order valence-corrected chi connectivity index (χ1v) is 11.5. The maximum absolute atomic E-state index is 12.6. The first kappa shape index (κ1) is 28.4. The Bertz CT molecular complexity index is 624. The van der Waals surface area contributed by atoms with Crippen molar-refractivity contribution in [1.82, 2.24) is 16.0 Å².